The first-order valence-electron chi connectivity index (χ1n) is 7.68. The Hall–Kier alpha value is -2.98. The molecule has 0 saturated carbocycles. The van der Waals surface area contributed by atoms with E-state index < -0.39 is 19.9 Å². The van der Waals surface area contributed by atoms with Gasteiger partial charge in [0, 0.05) is 11.8 Å². The van der Waals surface area contributed by atoms with Gasteiger partial charge in [-0.05, 0) is 24.3 Å². The van der Waals surface area contributed by atoms with Crippen LogP contribution in [-0.4, -0.2) is 33.1 Å². The van der Waals surface area contributed by atoms with Gasteiger partial charge in [-0.3, -0.25) is 4.72 Å². The molecule has 1 aromatic heterocycles. The van der Waals surface area contributed by atoms with Gasteiger partial charge in [0.05, 0.1) is 21.7 Å². The normalized spacial score (nSPS) is 11.9. The van der Waals surface area contributed by atoms with E-state index in [0.717, 1.165) is 6.26 Å². The third-order valence-electron chi connectivity index (χ3n) is 3.66. The van der Waals surface area contributed by atoms with E-state index in [1.807, 2.05) is 0 Å². The van der Waals surface area contributed by atoms with Crippen LogP contribution in [0.15, 0.2) is 70.6 Å². The van der Waals surface area contributed by atoms with Crippen molar-refractivity contribution in [2.45, 2.75) is 9.79 Å². The fraction of sp³-hybridized carbons (Fsp3) is 0.0588. The zero-order chi connectivity index (χ0) is 19.7. The summed E-state index contributed by atoms with van der Waals surface area (Å²) in [4.78, 5) is 8.42. The SMILES string of the molecule is CS(=O)(=O)c1ccc(-c2cnc(N)c(NS(=O)(=O)c3ccccc3)n2)cc1. The Kier molecular flexibility index (Phi) is 4.85. The minimum Gasteiger partial charge on any atom is -0.381 e. The first kappa shape index (κ1) is 18.8. The molecule has 0 unspecified atom stereocenters. The van der Waals surface area contributed by atoms with Crippen LogP contribution in [0, 0.1) is 0 Å². The summed E-state index contributed by atoms with van der Waals surface area (Å²) in [5, 5.41) is 0. The first-order valence-corrected chi connectivity index (χ1v) is 11.1. The second kappa shape index (κ2) is 6.97. The highest BCUT2D eigenvalue weighted by Crippen LogP contribution is 2.24. The molecule has 0 aliphatic carbocycles. The van der Waals surface area contributed by atoms with Crippen molar-refractivity contribution in [3.05, 3.63) is 60.8 Å². The molecule has 140 valence electrons. The molecule has 2 aromatic carbocycles. The van der Waals surface area contributed by atoms with E-state index in [1.165, 1.54) is 30.5 Å². The summed E-state index contributed by atoms with van der Waals surface area (Å²) in [5.74, 6) is -0.186. The van der Waals surface area contributed by atoms with Gasteiger partial charge in [-0.25, -0.2) is 26.8 Å². The van der Waals surface area contributed by atoms with Gasteiger partial charge in [0.15, 0.2) is 21.5 Å². The molecule has 1 heterocycles. The predicted octanol–water partition coefficient (Wildman–Crippen LogP) is 1.93. The van der Waals surface area contributed by atoms with Crippen molar-refractivity contribution in [2.24, 2.45) is 0 Å². The number of benzene rings is 2. The van der Waals surface area contributed by atoms with Crippen molar-refractivity contribution < 1.29 is 16.8 Å². The minimum absolute atomic E-state index is 0.0640. The number of sulfone groups is 1. The van der Waals surface area contributed by atoms with E-state index >= 15 is 0 Å². The molecule has 0 bridgehead atoms. The average Bonchev–Trinajstić information content (AvgIpc) is 2.63. The number of anilines is 2. The number of rotatable bonds is 5. The number of sulfonamides is 1. The molecule has 8 nitrogen and oxygen atoms in total. The smallest absolute Gasteiger partial charge is 0.263 e. The van der Waals surface area contributed by atoms with Gasteiger partial charge < -0.3 is 5.73 Å². The van der Waals surface area contributed by atoms with Crippen LogP contribution < -0.4 is 10.5 Å². The van der Waals surface area contributed by atoms with Gasteiger partial charge in [-0.15, -0.1) is 0 Å². The molecule has 3 aromatic rings. The second-order valence-corrected chi connectivity index (χ2v) is 9.40. The summed E-state index contributed by atoms with van der Waals surface area (Å²) >= 11 is 0. The van der Waals surface area contributed by atoms with Crippen LogP contribution in [0.3, 0.4) is 0 Å². The quantitative estimate of drug-likeness (QED) is 0.664. The highest BCUT2D eigenvalue weighted by atomic mass is 32.2. The molecular weight excluding hydrogens is 388 g/mol. The van der Waals surface area contributed by atoms with Crippen molar-refractivity contribution in [1.29, 1.82) is 0 Å². The molecule has 0 aliphatic heterocycles. The van der Waals surface area contributed by atoms with Crippen molar-refractivity contribution in [3.8, 4) is 11.3 Å². The number of hydrogen-bond acceptors (Lipinski definition) is 7. The van der Waals surface area contributed by atoms with E-state index in [-0.39, 0.29) is 21.4 Å². The Balaban J connectivity index is 1.95. The summed E-state index contributed by atoms with van der Waals surface area (Å²) in [6, 6.07) is 13.8. The van der Waals surface area contributed by atoms with E-state index in [4.69, 9.17) is 5.73 Å². The molecule has 0 amide bonds. The van der Waals surface area contributed by atoms with Gasteiger partial charge in [0.25, 0.3) is 10.0 Å². The molecule has 0 atom stereocenters. The van der Waals surface area contributed by atoms with Gasteiger partial charge in [0.1, 0.15) is 0 Å². The first-order chi connectivity index (χ1) is 12.7. The van der Waals surface area contributed by atoms with E-state index in [9.17, 15) is 16.8 Å². The van der Waals surface area contributed by atoms with Crippen LogP contribution in [0.25, 0.3) is 11.3 Å². The highest BCUT2D eigenvalue weighted by molar-refractivity contribution is 7.92. The Bertz CT molecular complexity index is 1180. The van der Waals surface area contributed by atoms with Crippen LogP contribution in [-0.2, 0) is 19.9 Å². The van der Waals surface area contributed by atoms with E-state index in [0.29, 0.717) is 11.3 Å². The molecule has 0 radical (unpaired) electrons. The molecule has 10 heteroatoms. The Morgan fingerprint density at radius 3 is 2.11 bits per heavy atom. The molecule has 27 heavy (non-hydrogen) atoms. The number of hydrogen-bond donors (Lipinski definition) is 2. The number of nitrogen functional groups attached to an aromatic ring is 1. The number of aromatic nitrogens is 2. The standard InChI is InChI=1S/C17H16N4O4S2/c1-26(22,23)13-9-7-12(8-10-13)15-11-19-16(18)17(20-15)21-27(24,25)14-5-3-2-4-6-14/h2-11H,1H3,(H2,18,19)(H,20,21). The topological polar surface area (TPSA) is 132 Å². The average molecular weight is 404 g/mol. The predicted molar refractivity (Wildman–Crippen MR) is 102 cm³/mol. The van der Waals surface area contributed by atoms with Gasteiger partial charge in [-0.1, -0.05) is 30.3 Å². The molecule has 3 rings (SSSR count). The summed E-state index contributed by atoms with van der Waals surface area (Å²) in [6.45, 7) is 0. The van der Waals surface area contributed by atoms with Crippen molar-refractivity contribution in [2.75, 3.05) is 16.7 Å². The van der Waals surface area contributed by atoms with Gasteiger partial charge in [0.2, 0.25) is 0 Å². The monoisotopic (exact) mass is 404 g/mol. The van der Waals surface area contributed by atoms with Crippen LogP contribution in [0.2, 0.25) is 0 Å². The Labute approximate surface area is 157 Å². The fourth-order valence-corrected chi connectivity index (χ4v) is 3.94. The lowest BCUT2D eigenvalue weighted by Crippen LogP contribution is -2.16. The Morgan fingerprint density at radius 2 is 1.52 bits per heavy atom. The van der Waals surface area contributed by atoms with E-state index in [2.05, 4.69) is 14.7 Å². The second-order valence-electron chi connectivity index (χ2n) is 5.70. The number of nitrogens with one attached hydrogen (secondary N) is 1. The molecular formula is C17H16N4O4S2. The zero-order valence-electron chi connectivity index (χ0n) is 14.2. The maximum atomic E-state index is 12.5. The summed E-state index contributed by atoms with van der Waals surface area (Å²) in [7, 11) is -7.19. The van der Waals surface area contributed by atoms with Crippen molar-refractivity contribution in [3.63, 3.8) is 0 Å². The third kappa shape index (κ3) is 4.23. The van der Waals surface area contributed by atoms with Gasteiger partial charge in [-0.2, -0.15) is 0 Å². The molecule has 0 aliphatic rings. The molecule has 3 N–H and O–H groups in total. The van der Waals surface area contributed by atoms with Crippen molar-refractivity contribution in [1.82, 2.24) is 9.97 Å². The lowest BCUT2D eigenvalue weighted by Gasteiger charge is -2.10. The zero-order valence-corrected chi connectivity index (χ0v) is 15.8. The minimum atomic E-state index is -3.87. The maximum Gasteiger partial charge on any atom is 0.263 e. The summed E-state index contributed by atoms with van der Waals surface area (Å²) in [5.41, 5.74) is 6.66. The third-order valence-corrected chi connectivity index (χ3v) is 6.15. The molecule has 0 spiro atoms. The largest absolute Gasteiger partial charge is 0.381 e. The maximum absolute atomic E-state index is 12.5. The molecule has 0 fully saturated rings. The van der Waals surface area contributed by atoms with Crippen LogP contribution in [0.5, 0.6) is 0 Å². The number of nitrogens with two attached hydrogens (primary N) is 1. The highest BCUT2D eigenvalue weighted by Gasteiger charge is 2.17. The Morgan fingerprint density at radius 1 is 0.889 bits per heavy atom. The molecule has 0 saturated heterocycles. The van der Waals surface area contributed by atoms with Gasteiger partial charge >= 0.3 is 0 Å². The summed E-state index contributed by atoms with van der Waals surface area (Å²) < 4.78 is 50.3. The fourth-order valence-electron chi connectivity index (χ4n) is 2.27. The number of nitrogens with zero attached hydrogens (tertiary/aromatic N) is 2. The summed E-state index contributed by atoms with van der Waals surface area (Å²) in [6.07, 6.45) is 2.49. The van der Waals surface area contributed by atoms with E-state index in [1.54, 1.807) is 30.3 Å². The lowest BCUT2D eigenvalue weighted by molar-refractivity contribution is 0.599. The van der Waals surface area contributed by atoms with Crippen LogP contribution >= 0.6 is 0 Å². The van der Waals surface area contributed by atoms with Crippen molar-refractivity contribution >= 4 is 31.5 Å². The van der Waals surface area contributed by atoms with Crippen LogP contribution in [0.4, 0.5) is 11.6 Å². The lowest BCUT2D eigenvalue weighted by atomic mass is 10.2. The van der Waals surface area contributed by atoms with Crippen LogP contribution in [0.1, 0.15) is 0 Å².